The third-order valence-electron chi connectivity index (χ3n) is 3.91. The normalized spacial score (nSPS) is 17.8. The van der Waals surface area contributed by atoms with Crippen molar-refractivity contribution in [3.8, 4) is 22.8 Å². The molecule has 4 rings (SSSR count). The third kappa shape index (κ3) is 2.42. The van der Waals surface area contributed by atoms with Crippen molar-refractivity contribution in [3.05, 3.63) is 24.3 Å². The highest BCUT2D eigenvalue weighted by Crippen LogP contribution is 2.35. The molecule has 0 saturated carbocycles. The Balaban J connectivity index is 1.59. The lowest BCUT2D eigenvalue weighted by atomic mass is 10.1. The molecule has 0 bridgehead atoms. The van der Waals surface area contributed by atoms with Gasteiger partial charge in [-0.05, 0) is 31.2 Å². The van der Waals surface area contributed by atoms with Gasteiger partial charge in [0.2, 0.25) is 6.79 Å². The summed E-state index contributed by atoms with van der Waals surface area (Å²) in [5.74, 6) is 2.60. The van der Waals surface area contributed by atoms with E-state index in [9.17, 15) is 0 Å². The van der Waals surface area contributed by atoms with Gasteiger partial charge < -0.3 is 19.7 Å². The van der Waals surface area contributed by atoms with Crippen LogP contribution in [0.2, 0.25) is 0 Å². The standard InChI is InChI=1S/C15H18N4O2/c1-4-16-5-7-19(6-1)15-9-12(17-18-15)11-2-3-13-14(8-11)21-10-20-13/h2-3,8-9,16H,1,4-7,10H2,(H,17,18). The first-order chi connectivity index (χ1) is 10.4. The van der Waals surface area contributed by atoms with Gasteiger partial charge in [-0.25, -0.2) is 0 Å². The number of ether oxygens (including phenoxy) is 2. The highest BCUT2D eigenvalue weighted by atomic mass is 16.7. The summed E-state index contributed by atoms with van der Waals surface area (Å²) in [6.45, 7) is 4.42. The van der Waals surface area contributed by atoms with Gasteiger partial charge in [0.25, 0.3) is 0 Å². The lowest BCUT2D eigenvalue weighted by molar-refractivity contribution is 0.174. The minimum absolute atomic E-state index is 0.299. The highest BCUT2D eigenvalue weighted by molar-refractivity contribution is 5.67. The number of fused-ring (bicyclic) bond motifs is 1. The lowest BCUT2D eigenvalue weighted by Gasteiger charge is -2.18. The average Bonchev–Trinajstić information content (AvgIpc) is 3.10. The predicted octanol–water partition coefficient (Wildman–Crippen LogP) is 1.61. The van der Waals surface area contributed by atoms with Gasteiger partial charge in [0, 0.05) is 31.3 Å². The third-order valence-corrected chi connectivity index (χ3v) is 3.91. The van der Waals surface area contributed by atoms with E-state index in [2.05, 4.69) is 26.5 Å². The Morgan fingerprint density at radius 3 is 3.00 bits per heavy atom. The number of aromatic amines is 1. The molecule has 21 heavy (non-hydrogen) atoms. The van der Waals surface area contributed by atoms with Crippen LogP contribution >= 0.6 is 0 Å². The van der Waals surface area contributed by atoms with E-state index in [-0.39, 0.29) is 0 Å². The van der Waals surface area contributed by atoms with Gasteiger partial charge in [-0.2, -0.15) is 5.10 Å². The maximum atomic E-state index is 5.43. The Morgan fingerprint density at radius 2 is 2.00 bits per heavy atom. The van der Waals surface area contributed by atoms with Gasteiger partial charge in [0.05, 0.1) is 5.69 Å². The number of hydrogen-bond donors (Lipinski definition) is 2. The summed E-state index contributed by atoms with van der Waals surface area (Å²) in [6.07, 6.45) is 1.15. The first-order valence-corrected chi connectivity index (χ1v) is 7.31. The molecular weight excluding hydrogens is 268 g/mol. The Hall–Kier alpha value is -2.21. The molecule has 2 aliphatic heterocycles. The maximum Gasteiger partial charge on any atom is 0.231 e. The summed E-state index contributed by atoms with van der Waals surface area (Å²) in [7, 11) is 0. The number of hydrogen-bond acceptors (Lipinski definition) is 5. The molecule has 3 heterocycles. The molecule has 1 saturated heterocycles. The number of anilines is 1. The largest absolute Gasteiger partial charge is 0.454 e. The zero-order valence-electron chi connectivity index (χ0n) is 11.8. The van der Waals surface area contributed by atoms with Crippen LogP contribution in [-0.4, -0.2) is 43.2 Å². The average molecular weight is 286 g/mol. The van der Waals surface area contributed by atoms with Gasteiger partial charge in [-0.15, -0.1) is 0 Å². The zero-order valence-corrected chi connectivity index (χ0v) is 11.8. The van der Waals surface area contributed by atoms with Crippen molar-refractivity contribution in [2.45, 2.75) is 6.42 Å². The van der Waals surface area contributed by atoms with Gasteiger partial charge in [0.15, 0.2) is 17.3 Å². The molecule has 2 aromatic rings. The number of aromatic nitrogens is 2. The molecule has 0 radical (unpaired) electrons. The van der Waals surface area contributed by atoms with Gasteiger partial charge in [-0.1, -0.05) is 0 Å². The van der Waals surface area contributed by atoms with Crippen molar-refractivity contribution in [1.29, 1.82) is 0 Å². The molecule has 1 fully saturated rings. The molecule has 2 N–H and O–H groups in total. The van der Waals surface area contributed by atoms with E-state index in [1.165, 1.54) is 0 Å². The van der Waals surface area contributed by atoms with E-state index in [1.807, 2.05) is 18.2 Å². The highest BCUT2D eigenvalue weighted by Gasteiger charge is 2.16. The van der Waals surface area contributed by atoms with Crippen molar-refractivity contribution in [3.63, 3.8) is 0 Å². The van der Waals surface area contributed by atoms with Crippen LogP contribution in [0.3, 0.4) is 0 Å². The number of nitrogens with zero attached hydrogens (tertiary/aromatic N) is 2. The van der Waals surface area contributed by atoms with Crippen LogP contribution in [0.1, 0.15) is 6.42 Å². The van der Waals surface area contributed by atoms with Crippen molar-refractivity contribution >= 4 is 5.82 Å². The predicted molar refractivity (Wildman–Crippen MR) is 79.8 cm³/mol. The van der Waals surface area contributed by atoms with Crippen LogP contribution in [0, 0.1) is 0 Å². The first kappa shape index (κ1) is 12.5. The summed E-state index contributed by atoms with van der Waals surface area (Å²) >= 11 is 0. The molecule has 1 aromatic heterocycles. The molecule has 6 heteroatoms. The molecule has 0 unspecified atom stereocenters. The first-order valence-electron chi connectivity index (χ1n) is 7.31. The fraction of sp³-hybridized carbons (Fsp3) is 0.400. The summed E-state index contributed by atoms with van der Waals surface area (Å²) in [5.41, 5.74) is 2.06. The number of benzene rings is 1. The summed E-state index contributed by atoms with van der Waals surface area (Å²) in [6, 6.07) is 8.05. The quantitative estimate of drug-likeness (QED) is 0.878. The van der Waals surface area contributed by atoms with E-state index in [0.717, 1.165) is 61.2 Å². The van der Waals surface area contributed by atoms with Crippen LogP contribution in [0.25, 0.3) is 11.3 Å². The van der Waals surface area contributed by atoms with Crippen molar-refractivity contribution in [1.82, 2.24) is 15.5 Å². The maximum absolute atomic E-state index is 5.43. The zero-order chi connectivity index (χ0) is 14.1. The monoisotopic (exact) mass is 286 g/mol. The van der Waals surface area contributed by atoms with E-state index in [0.29, 0.717) is 6.79 Å². The van der Waals surface area contributed by atoms with Crippen LogP contribution in [0.4, 0.5) is 5.82 Å². The minimum Gasteiger partial charge on any atom is -0.454 e. The van der Waals surface area contributed by atoms with Crippen LogP contribution < -0.4 is 19.7 Å². The molecule has 0 aliphatic carbocycles. The van der Waals surface area contributed by atoms with Crippen LogP contribution in [0.15, 0.2) is 24.3 Å². The Labute approximate surface area is 123 Å². The minimum atomic E-state index is 0.299. The van der Waals surface area contributed by atoms with Crippen LogP contribution in [-0.2, 0) is 0 Å². The molecular formula is C15H18N4O2. The van der Waals surface area contributed by atoms with Gasteiger partial charge in [-0.3, -0.25) is 5.10 Å². The number of H-pyrrole nitrogens is 1. The lowest BCUT2D eigenvalue weighted by Crippen LogP contribution is -2.28. The number of nitrogens with one attached hydrogen (secondary N) is 2. The Kier molecular flexibility index (Phi) is 3.16. The van der Waals surface area contributed by atoms with Gasteiger partial charge >= 0.3 is 0 Å². The summed E-state index contributed by atoms with van der Waals surface area (Å²) in [5, 5.41) is 11.0. The summed E-state index contributed by atoms with van der Waals surface area (Å²) in [4.78, 5) is 2.31. The Morgan fingerprint density at radius 1 is 1.05 bits per heavy atom. The number of rotatable bonds is 2. The molecule has 6 nitrogen and oxygen atoms in total. The van der Waals surface area contributed by atoms with E-state index >= 15 is 0 Å². The summed E-state index contributed by atoms with van der Waals surface area (Å²) < 4.78 is 10.8. The van der Waals surface area contributed by atoms with Crippen molar-refractivity contribution in [2.75, 3.05) is 37.9 Å². The Bertz CT molecular complexity index is 632. The SMILES string of the molecule is c1cc2c(cc1-c1cc(N3CCCNCC3)n[nH]1)OCO2. The fourth-order valence-corrected chi connectivity index (χ4v) is 2.76. The van der Waals surface area contributed by atoms with Crippen LogP contribution in [0.5, 0.6) is 11.5 Å². The molecule has 2 aliphatic rings. The second kappa shape index (κ2) is 5.29. The smallest absolute Gasteiger partial charge is 0.231 e. The molecule has 0 amide bonds. The molecule has 110 valence electrons. The molecule has 1 aromatic carbocycles. The molecule has 0 atom stereocenters. The second-order valence-corrected chi connectivity index (χ2v) is 5.30. The van der Waals surface area contributed by atoms with Crippen molar-refractivity contribution < 1.29 is 9.47 Å². The van der Waals surface area contributed by atoms with E-state index in [1.54, 1.807) is 0 Å². The van der Waals surface area contributed by atoms with Crippen molar-refractivity contribution in [2.24, 2.45) is 0 Å². The molecule has 0 spiro atoms. The van der Waals surface area contributed by atoms with E-state index in [4.69, 9.17) is 9.47 Å². The van der Waals surface area contributed by atoms with E-state index < -0.39 is 0 Å². The fourth-order valence-electron chi connectivity index (χ4n) is 2.76. The van der Waals surface area contributed by atoms with Gasteiger partial charge in [0.1, 0.15) is 0 Å². The topological polar surface area (TPSA) is 62.4 Å². The second-order valence-electron chi connectivity index (χ2n) is 5.30.